The van der Waals surface area contributed by atoms with E-state index in [2.05, 4.69) is 50.0 Å². The topological polar surface area (TPSA) is 50.3 Å². The van der Waals surface area contributed by atoms with Crippen LogP contribution in [0.5, 0.6) is 0 Å². The van der Waals surface area contributed by atoms with Gasteiger partial charge in [-0.15, -0.1) is 0 Å². The lowest BCUT2D eigenvalue weighted by atomic mass is 10.2. The summed E-state index contributed by atoms with van der Waals surface area (Å²) in [6, 6.07) is 1.88. The number of rotatable bonds is 8. The maximum Gasteiger partial charge on any atom is 0.134 e. The molecule has 0 unspecified atom stereocenters. The molecule has 0 aromatic carbocycles. The zero-order valence-electron chi connectivity index (χ0n) is 12.1. The largest absolute Gasteiger partial charge is 0.378 e. The Hall–Kier alpha value is -0.720. The van der Waals surface area contributed by atoms with Crippen molar-refractivity contribution in [2.75, 3.05) is 45.7 Å². The van der Waals surface area contributed by atoms with Gasteiger partial charge in [0.1, 0.15) is 16.2 Å². The van der Waals surface area contributed by atoms with Crippen molar-refractivity contribution in [1.82, 2.24) is 14.9 Å². The van der Waals surface area contributed by atoms with Crippen LogP contribution in [0.4, 0.5) is 5.82 Å². The number of hydrogen-bond acceptors (Lipinski definition) is 5. The average Bonchev–Trinajstić information content (AvgIpc) is 2.32. The molecule has 0 saturated carbocycles. The van der Waals surface area contributed by atoms with Crippen LogP contribution in [0.1, 0.15) is 25.6 Å². The molecular weight excluding hydrogens is 308 g/mol. The monoisotopic (exact) mass is 330 g/mol. The van der Waals surface area contributed by atoms with Crippen LogP contribution in [0.15, 0.2) is 10.7 Å². The quantitative estimate of drug-likeness (QED) is 0.585. The van der Waals surface area contributed by atoms with Gasteiger partial charge in [0.05, 0.1) is 13.2 Å². The SMILES string of the molecule is CC(C)c1nc(Br)cc(NCCOCCN(C)C)n1. The van der Waals surface area contributed by atoms with E-state index in [9.17, 15) is 0 Å². The van der Waals surface area contributed by atoms with E-state index < -0.39 is 0 Å². The summed E-state index contributed by atoms with van der Waals surface area (Å²) in [7, 11) is 4.07. The van der Waals surface area contributed by atoms with E-state index in [0.717, 1.165) is 35.9 Å². The number of anilines is 1. The van der Waals surface area contributed by atoms with Crippen molar-refractivity contribution in [1.29, 1.82) is 0 Å². The number of nitrogens with one attached hydrogen (secondary N) is 1. The Labute approximate surface area is 123 Å². The first-order valence-electron chi connectivity index (χ1n) is 6.50. The minimum atomic E-state index is 0.314. The van der Waals surface area contributed by atoms with Crippen molar-refractivity contribution >= 4 is 21.7 Å². The lowest BCUT2D eigenvalue weighted by Gasteiger charge is -2.11. The van der Waals surface area contributed by atoms with Gasteiger partial charge in [-0.25, -0.2) is 9.97 Å². The average molecular weight is 331 g/mol. The molecule has 1 aromatic rings. The lowest BCUT2D eigenvalue weighted by molar-refractivity contribution is 0.126. The van der Waals surface area contributed by atoms with Crippen molar-refractivity contribution in [3.8, 4) is 0 Å². The van der Waals surface area contributed by atoms with Crippen LogP contribution in [-0.4, -0.2) is 55.3 Å². The van der Waals surface area contributed by atoms with Gasteiger partial charge in [0.2, 0.25) is 0 Å². The first-order valence-corrected chi connectivity index (χ1v) is 7.29. The second-order valence-electron chi connectivity index (χ2n) is 4.93. The second kappa shape index (κ2) is 8.45. The fourth-order valence-electron chi connectivity index (χ4n) is 1.38. The summed E-state index contributed by atoms with van der Waals surface area (Å²) in [4.78, 5) is 10.9. The molecule has 1 rings (SSSR count). The fraction of sp³-hybridized carbons (Fsp3) is 0.692. The van der Waals surface area contributed by atoms with E-state index in [1.165, 1.54) is 0 Å². The standard InChI is InChI=1S/C13H23BrN4O/c1-10(2)13-16-11(14)9-12(17-13)15-5-7-19-8-6-18(3)4/h9-10H,5-8H2,1-4H3,(H,15,16,17). The van der Waals surface area contributed by atoms with Crippen molar-refractivity contribution < 1.29 is 4.74 Å². The van der Waals surface area contributed by atoms with Crippen LogP contribution in [0.3, 0.4) is 0 Å². The molecule has 0 atom stereocenters. The minimum absolute atomic E-state index is 0.314. The van der Waals surface area contributed by atoms with Crippen LogP contribution >= 0.6 is 15.9 Å². The normalized spacial score (nSPS) is 11.3. The molecule has 0 saturated heterocycles. The van der Waals surface area contributed by atoms with Gasteiger partial charge in [-0.1, -0.05) is 13.8 Å². The molecule has 0 spiro atoms. The van der Waals surface area contributed by atoms with E-state index in [1.54, 1.807) is 0 Å². The van der Waals surface area contributed by atoms with E-state index in [4.69, 9.17) is 4.74 Å². The van der Waals surface area contributed by atoms with Gasteiger partial charge >= 0.3 is 0 Å². The Bertz CT molecular complexity index is 385. The molecular formula is C13H23BrN4O. The third-order valence-corrected chi connectivity index (χ3v) is 2.87. The van der Waals surface area contributed by atoms with Crippen LogP contribution in [-0.2, 0) is 4.74 Å². The summed E-state index contributed by atoms with van der Waals surface area (Å²) in [5.41, 5.74) is 0. The van der Waals surface area contributed by atoms with Crippen molar-refractivity contribution in [3.05, 3.63) is 16.5 Å². The summed E-state index contributed by atoms with van der Waals surface area (Å²) < 4.78 is 6.32. The number of ether oxygens (including phenoxy) is 1. The molecule has 19 heavy (non-hydrogen) atoms. The minimum Gasteiger partial charge on any atom is -0.378 e. The van der Waals surface area contributed by atoms with E-state index in [-0.39, 0.29) is 0 Å². The van der Waals surface area contributed by atoms with Gasteiger partial charge in [0, 0.05) is 25.1 Å². The molecule has 5 nitrogen and oxygen atoms in total. The first kappa shape index (κ1) is 16.3. The zero-order valence-corrected chi connectivity index (χ0v) is 13.7. The van der Waals surface area contributed by atoms with Crippen LogP contribution in [0, 0.1) is 0 Å². The summed E-state index contributed by atoms with van der Waals surface area (Å²) in [5, 5.41) is 3.25. The number of likely N-dealkylation sites (N-methyl/N-ethyl adjacent to an activating group) is 1. The summed E-state index contributed by atoms with van der Waals surface area (Å²) in [5.74, 6) is 1.99. The molecule has 0 aliphatic carbocycles. The molecule has 0 aliphatic heterocycles. The van der Waals surface area contributed by atoms with E-state index in [1.807, 2.05) is 20.2 Å². The van der Waals surface area contributed by atoms with Gasteiger partial charge in [-0.2, -0.15) is 0 Å². The highest BCUT2D eigenvalue weighted by atomic mass is 79.9. The Morgan fingerprint density at radius 2 is 2.05 bits per heavy atom. The number of aromatic nitrogens is 2. The molecule has 1 N–H and O–H groups in total. The molecule has 0 fully saturated rings. The molecule has 6 heteroatoms. The van der Waals surface area contributed by atoms with Crippen molar-refractivity contribution in [3.63, 3.8) is 0 Å². The predicted octanol–water partition coefficient (Wildman–Crippen LogP) is 2.35. The number of hydrogen-bond donors (Lipinski definition) is 1. The van der Waals surface area contributed by atoms with Crippen molar-refractivity contribution in [2.24, 2.45) is 0 Å². The van der Waals surface area contributed by atoms with Gasteiger partial charge < -0.3 is 15.0 Å². The lowest BCUT2D eigenvalue weighted by Crippen LogP contribution is -2.20. The van der Waals surface area contributed by atoms with Crippen LogP contribution in [0.2, 0.25) is 0 Å². The summed E-state index contributed by atoms with van der Waals surface area (Å²) in [6.07, 6.45) is 0. The number of nitrogens with zero attached hydrogens (tertiary/aromatic N) is 3. The Kier molecular flexibility index (Phi) is 7.27. The highest BCUT2D eigenvalue weighted by molar-refractivity contribution is 9.10. The molecule has 0 radical (unpaired) electrons. The zero-order chi connectivity index (χ0) is 14.3. The third-order valence-electron chi connectivity index (χ3n) is 2.46. The van der Waals surface area contributed by atoms with Crippen LogP contribution in [0.25, 0.3) is 0 Å². The molecule has 0 bridgehead atoms. The van der Waals surface area contributed by atoms with Crippen molar-refractivity contribution in [2.45, 2.75) is 19.8 Å². The number of halogens is 1. The Balaban J connectivity index is 2.33. The van der Waals surface area contributed by atoms with Gasteiger partial charge in [-0.3, -0.25) is 0 Å². The molecule has 0 aliphatic rings. The van der Waals surface area contributed by atoms with Gasteiger partial charge in [0.25, 0.3) is 0 Å². The second-order valence-corrected chi connectivity index (χ2v) is 5.74. The first-order chi connectivity index (χ1) is 8.99. The fourth-order valence-corrected chi connectivity index (χ4v) is 1.78. The molecule has 1 heterocycles. The van der Waals surface area contributed by atoms with E-state index in [0.29, 0.717) is 12.5 Å². The highest BCUT2D eigenvalue weighted by Gasteiger charge is 2.06. The van der Waals surface area contributed by atoms with Gasteiger partial charge in [0.15, 0.2) is 0 Å². The predicted molar refractivity (Wildman–Crippen MR) is 81.7 cm³/mol. The smallest absolute Gasteiger partial charge is 0.134 e. The van der Waals surface area contributed by atoms with E-state index >= 15 is 0 Å². The Morgan fingerprint density at radius 1 is 1.32 bits per heavy atom. The van der Waals surface area contributed by atoms with Crippen LogP contribution < -0.4 is 5.32 Å². The maximum absolute atomic E-state index is 5.51. The summed E-state index contributed by atoms with van der Waals surface area (Å²) >= 11 is 3.40. The molecule has 1 aromatic heterocycles. The highest BCUT2D eigenvalue weighted by Crippen LogP contribution is 2.17. The molecule has 108 valence electrons. The Morgan fingerprint density at radius 3 is 2.68 bits per heavy atom. The maximum atomic E-state index is 5.51. The molecule has 0 amide bonds. The third kappa shape index (κ3) is 6.84. The summed E-state index contributed by atoms with van der Waals surface area (Å²) in [6.45, 7) is 7.27. The van der Waals surface area contributed by atoms with Gasteiger partial charge in [-0.05, 0) is 30.0 Å².